The number of anilines is 3. The predicted molar refractivity (Wildman–Crippen MR) is 126 cm³/mol. The van der Waals surface area contributed by atoms with Gasteiger partial charge in [0, 0.05) is 17.9 Å². The minimum Gasteiger partial charge on any atom is -0.465 e. The van der Waals surface area contributed by atoms with E-state index in [2.05, 4.69) is 20.6 Å². The fraction of sp³-hybridized carbons (Fsp3) is 0.542. The largest absolute Gasteiger partial charge is 0.465 e. The predicted octanol–water partition coefficient (Wildman–Crippen LogP) is 5.48. The number of hydrogen-bond acceptors (Lipinski definition) is 9. The Balaban J connectivity index is 1.59. The highest BCUT2D eigenvalue weighted by atomic mass is 19.4. The molecule has 0 radical (unpaired) electrons. The van der Waals surface area contributed by atoms with Crippen LogP contribution >= 0.6 is 0 Å². The molecule has 0 bridgehead atoms. The van der Waals surface area contributed by atoms with Crippen LogP contribution in [0.1, 0.15) is 69.3 Å². The number of esters is 1. The number of carbonyl (C=O) groups excluding carboxylic acids is 1. The van der Waals surface area contributed by atoms with Gasteiger partial charge in [0.2, 0.25) is 5.95 Å². The second kappa shape index (κ2) is 9.40. The van der Waals surface area contributed by atoms with Gasteiger partial charge in [0.05, 0.1) is 7.11 Å². The summed E-state index contributed by atoms with van der Waals surface area (Å²) < 4.78 is 45.5. The quantitative estimate of drug-likeness (QED) is 0.470. The van der Waals surface area contributed by atoms with Gasteiger partial charge in [0.25, 0.3) is 0 Å². The number of rotatable bonds is 7. The van der Waals surface area contributed by atoms with Crippen LogP contribution in [-0.4, -0.2) is 45.5 Å². The van der Waals surface area contributed by atoms with Gasteiger partial charge in [-0.2, -0.15) is 18.2 Å². The van der Waals surface area contributed by atoms with E-state index in [1.807, 2.05) is 27.7 Å². The lowest BCUT2D eigenvalue weighted by molar-refractivity contribution is -0.514. The lowest BCUT2D eigenvalue weighted by atomic mass is 9.84. The second-order valence-corrected chi connectivity index (χ2v) is 9.92. The molecule has 2 N–H and O–H groups in total. The first-order chi connectivity index (χ1) is 16.8. The Labute approximate surface area is 207 Å². The van der Waals surface area contributed by atoms with E-state index in [0.29, 0.717) is 5.69 Å². The molecule has 9 nitrogen and oxygen atoms in total. The van der Waals surface area contributed by atoms with E-state index in [1.54, 1.807) is 6.07 Å². The zero-order valence-electron chi connectivity index (χ0n) is 20.8. The van der Waals surface area contributed by atoms with Crippen molar-refractivity contribution >= 4 is 23.4 Å². The fourth-order valence-corrected chi connectivity index (χ4v) is 3.94. The van der Waals surface area contributed by atoms with Crippen LogP contribution in [0.15, 0.2) is 24.4 Å². The monoisotopic (exact) mass is 509 g/mol. The highest BCUT2D eigenvalue weighted by Crippen LogP contribution is 2.43. The Hall–Kier alpha value is -3.12. The standard InChI is InChI=1S/C24H30F3N5O4/c1-22(2)23(3,4)36-32(22)35-18-11-10-15(12-16(18)20(33)34-5)30-21-28-13-17(24(25,26)27)19(31-21)29-14-8-6-7-9-14/h10-14H,6-9H2,1-5H3,(H2,28,29,30,31). The summed E-state index contributed by atoms with van der Waals surface area (Å²) in [5.74, 6) is -0.808. The number of carbonyl (C=O) groups is 1. The van der Waals surface area contributed by atoms with Gasteiger partial charge in [0.1, 0.15) is 28.1 Å². The molecule has 36 heavy (non-hydrogen) atoms. The summed E-state index contributed by atoms with van der Waals surface area (Å²) >= 11 is 0. The lowest BCUT2D eigenvalue weighted by Gasteiger charge is -2.56. The Kier molecular flexibility index (Phi) is 6.78. The van der Waals surface area contributed by atoms with E-state index < -0.39 is 28.8 Å². The van der Waals surface area contributed by atoms with Crippen molar-refractivity contribution in [2.45, 2.75) is 76.7 Å². The summed E-state index contributed by atoms with van der Waals surface area (Å²) in [6.45, 7) is 7.70. The number of ether oxygens (including phenoxy) is 1. The maximum Gasteiger partial charge on any atom is 0.421 e. The summed E-state index contributed by atoms with van der Waals surface area (Å²) in [5.41, 5.74) is -1.43. The molecule has 1 aromatic heterocycles. The number of benzene rings is 1. The Morgan fingerprint density at radius 3 is 2.47 bits per heavy atom. The van der Waals surface area contributed by atoms with Gasteiger partial charge >= 0.3 is 12.1 Å². The first-order valence-electron chi connectivity index (χ1n) is 11.7. The van der Waals surface area contributed by atoms with Crippen LogP contribution in [0.2, 0.25) is 0 Å². The molecule has 1 saturated heterocycles. The molecule has 2 aromatic rings. The summed E-state index contributed by atoms with van der Waals surface area (Å²) in [4.78, 5) is 31.9. The molecule has 1 aliphatic carbocycles. The van der Waals surface area contributed by atoms with Gasteiger partial charge in [-0.1, -0.05) is 12.8 Å². The van der Waals surface area contributed by atoms with Crippen molar-refractivity contribution in [1.82, 2.24) is 15.2 Å². The highest BCUT2D eigenvalue weighted by molar-refractivity contribution is 5.93. The Morgan fingerprint density at radius 2 is 1.89 bits per heavy atom. The van der Waals surface area contributed by atoms with E-state index in [-0.39, 0.29) is 29.1 Å². The van der Waals surface area contributed by atoms with Gasteiger partial charge in [-0.05, 0) is 64.0 Å². The minimum atomic E-state index is -4.60. The SMILES string of the molecule is COC(=O)c1cc(Nc2ncc(C(F)(F)F)c(NC3CCCC3)n2)ccc1ON1OC(C)(C)C1(C)C. The molecule has 1 saturated carbocycles. The van der Waals surface area contributed by atoms with E-state index in [0.717, 1.165) is 31.9 Å². The normalized spacial score (nSPS) is 19.4. The molecule has 2 aliphatic rings. The maximum absolute atomic E-state index is 13.5. The van der Waals surface area contributed by atoms with Crippen LogP contribution in [-0.2, 0) is 15.8 Å². The van der Waals surface area contributed by atoms with Crippen molar-refractivity contribution in [1.29, 1.82) is 0 Å². The summed E-state index contributed by atoms with van der Waals surface area (Å²) in [6.07, 6.45) is -0.381. The van der Waals surface area contributed by atoms with Crippen LogP contribution in [0.4, 0.5) is 30.6 Å². The summed E-state index contributed by atoms with van der Waals surface area (Å²) in [6, 6.07) is 4.49. The van der Waals surface area contributed by atoms with Gasteiger partial charge < -0.3 is 20.2 Å². The Morgan fingerprint density at radius 1 is 1.19 bits per heavy atom. The van der Waals surface area contributed by atoms with E-state index in [1.165, 1.54) is 24.5 Å². The zero-order chi connectivity index (χ0) is 26.3. The van der Waals surface area contributed by atoms with Gasteiger partial charge in [-0.25, -0.2) is 9.78 Å². The number of nitrogens with zero attached hydrogens (tertiary/aromatic N) is 3. The third kappa shape index (κ3) is 5.05. The third-order valence-corrected chi connectivity index (χ3v) is 6.85. The number of hydroxylamine groups is 2. The molecule has 4 rings (SSSR count). The highest BCUT2D eigenvalue weighted by Gasteiger charge is 2.57. The van der Waals surface area contributed by atoms with Gasteiger partial charge in [0.15, 0.2) is 5.75 Å². The third-order valence-electron chi connectivity index (χ3n) is 6.85. The van der Waals surface area contributed by atoms with Crippen molar-refractivity contribution in [3.05, 3.63) is 35.5 Å². The van der Waals surface area contributed by atoms with Crippen LogP contribution in [0, 0.1) is 0 Å². The number of halogens is 3. The average molecular weight is 510 g/mol. The molecule has 2 heterocycles. The number of alkyl halides is 3. The van der Waals surface area contributed by atoms with Crippen molar-refractivity contribution in [3.8, 4) is 5.75 Å². The molecule has 0 spiro atoms. The zero-order valence-corrected chi connectivity index (χ0v) is 20.8. The van der Waals surface area contributed by atoms with Crippen LogP contribution < -0.4 is 15.5 Å². The molecule has 1 aromatic carbocycles. The minimum absolute atomic E-state index is 0.0538. The molecule has 0 amide bonds. The van der Waals surface area contributed by atoms with Gasteiger partial charge in [-0.3, -0.25) is 4.84 Å². The number of nitrogens with one attached hydrogen (secondary N) is 2. The van der Waals surface area contributed by atoms with Crippen molar-refractivity contribution < 1.29 is 32.4 Å². The van der Waals surface area contributed by atoms with Crippen molar-refractivity contribution in [2.24, 2.45) is 0 Å². The van der Waals surface area contributed by atoms with E-state index >= 15 is 0 Å². The van der Waals surface area contributed by atoms with E-state index in [9.17, 15) is 18.0 Å². The average Bonchev–Trinajstić information content (AvgIpc) is 3.31. The second-order valence-electron chi connectivity index (χ2n) is 9.92. The Bertz CT molecular complexity index is 1130. The topological polar surface area (TPSA) is 97.8 Å². The molecule has 196 valence electrons. The smallest absolute Gasteiger partial charge is 0.421 e. The van der Waals surface area contributed by atoms with Crippen molar-refractivity contribution in [3.63, 3.8) is 0 Å². The van der Waals surface area contributed by atoms with Crippen LogP contribution in [0.25, 0.3) is 0 Å². The fourth-order valence-electron chi connectivity index (χ4n) is 3.94. The molecular formula is C24H30F3N5O4. The lowest BCUT2D eigenvalue weighted by Crippen LogP contribution is -2.72. The summed E-state index contributed by atoms with van der Waals surface area (Å²) in [5, 5.41) is 7.09. The molecule has 12 heteroatoms. The number of methoxy groups -OCH3 is 1. The molecular weight excluding hydrogens is 479 g/mol. The summed E-state index contributed by atoms with van der Waals surface area (Å²) in [7, 11) is 1.24. The van der Waals surface area contributed by atoms with Crippen molar-refractivity contribution in [2.75, 3.05) is 17.7 Å². The van der Waals surface area contributed by atoms with E-state index in [4.69, 9.17) is 14.4 Å². The first kappa shape index (κ1) is 26.0. The van der Waals surface area contributed by atoms with Crippen LogP contribution in [0.5, 0.6) is 5.75 Å². The molecule has 0 unspecified atom stereocenters. The maximum atomic E-state index is 13.5. The molecule has 0 atom stereocenters. The van der Waals surface area contributed by atoms with Crippen LogP contribution in [0.3, 0.4) is 0 Å². The molecule has 1 aliphatic heterocycles. The first-order valence-corrected chi connectivity index (χ1v) is 11.7. The number of hydrogen-bond donors (Lipinski definition) is 2. The number of aromatic nitrogens is 2. The van der Waals surface area contributed by atoms with Gasteiger partial charge in [-0.15, -0.1) is 0 Å². The molecule has 2 fully saturated rings.